The van der Waals surface area contributed by atoms with E-state index in [9.17, 15) is 53.4 Å². The van der Waals surface area contributed by atoms with Crippen LogP contribution < -0.4 is 37.6 Å². The van der Waals surface area contributed by atoms with Crippen LogP contribution >= 0.6 is 0 Å². The first-order valence-electron chi connectivity index (χ1n) is 23.1. The second kappa shape index (κ2) is 23.9. The Morgan fingerprint density at radius 1 is 0.562 bits per heavy atom. The number of hydrogen-bond donors (Lipinski definition) is 9. The van der Waals surface area contributed by atoms with Gasteiger partial charge in [-0.2, -0.15) is 0 Å². The van der Waals surface area contributed by atoms with E-state index >= 15 is 0 Å². The maximum atomic E-state index is 14.4. The molecule has 9 amide bonds. The van der Waals surface area contributed by atoms with Gasteiger partial charge in [0.2, 0.25) is 53.2 Å². The summed E-state index contributed by atoms with van der Waals surface area (Å²) in [6.45, 7) is 9.90. The van der Waals surface area contributed by atoms with Crippen LogP contribution in [-0.4, -0.2) is 171 Å². The number of carbonyl (C=O) groups is 9. The summed E-state index contributed by atoms with van der Waals surface area (Å²) >= 11 is 0. The van der Waals surface area contributed by atoms with Gasteiger partial charge in [-0.15, -0.1) is 0 Å². The van der Waals surface area contributed by atoms with Gasteiger partial charge >= 0.3 is 0 Å². The number of nitrogens with zero attached hydrogens (tertiary/aromatic N) is 3. The van der Waals surface area contributed by atoms with E-state index in [4.69, 9.17) is 5.73 Å². The molecule has 4 fully saturated rings. The molecule has 360 valence electrons. The van der Waals surface area contributed by atoms with E-state index < -0.39 is 126 Å². The molecule has 4 heterocycles. The Labute approximate surface area is 375 Å². The first-order valence-corrected chi connectivity index (χ1v) is 23.1. The molecular weight excluding hydrogens is 833 g/mol. The molecule has 21 nitrogen and oxygen atoms in total. The molecule has 0 saturated carbocycles. The van der Waals surface area contributed by atoms with Crippen LogP contribution in [0.1, 0.15) is 112 Å². The highest BCUT2D eigenvalue weighted by atomic mass is 16.3. The lowest BCUT2D eigenvalue weighted by Crippen LogP contribution is -2.62. The third-order valence-electron chi connectivity index (χ3n) is 13.3. The highest BCUT2D eigenvalue weighted by Gasteiger charge is 2.46. The Kier molecular flexibility index (Phi) is 19.3. The van der Waals surface area contributed by atoms with Gasteiger partial charge in [0.25, 0.3) is 0 Å². The van der Waals surface area contributed by atoms with E-state index in [0.717, 1.165) is 0 Å². The molecule has 0 aliphatic carbocycles. The fourth-order valence-electron chi connectivity index (χ4n) is 8.86. The smallest absolute Gasteiger partial charge is 0.246 e. The van der Waals surface area contributed by atoms with E-state index in [1.165, 1.54) is 28.5 Å². The molecule has 10 N–H and O–H groups in total. The van der Waals surface area contributed by atoms with Crippen molar-refractivity contribution in [1.29, 1.82) is 0 Å². The molecule has 0 bridgehead atoms. The van der Waals surface area contributed by atoms with Crippen molar-refractivity contribution < 1.29 is 53.4 Å². The molecule has 0 aromatic carbocycles. The van der Waals surface area contributed by atoms with E-state index in [1.54, 1.807) is 13.8 Å². The minimum atomic E-state index is -1.58. The summed E-state index contributed by atoms with van der Waals surface area (Å²) in [6, 6.07) is -10.9. The summed E-state index contributed by atoms with van der Waals surface area (Å²) in [5.41, 5.74) is 5.70. The molecule has 4 aliphatic rings. The summed E-state index contributed by atoms with van der Waals surface area (Å²) in [7, 11) is 0. The molecular formula is C43H72N10O11. The van der Waals surface area contributed by atoms with Gasteiger partial charge in [-0.25, -0.2) is 0 Å². The third-order valence-corrected chi connectivity index (χ3v) is 13.3. The van der Waals surface area contributed by atoms with Crippen molar-refractivity contribution in [3.05, 3.63) is 0 Å². The van der Waals surface area contributed by atoms with E-state index in [-0.39, 0.29) is 51.4 Å². The molecule has 0 spiro atoms. The monoisotopic (exact) mass is 905 g/mol. The predicted molar refractivity (Wildman–Crippen MR) is 232 cm³/mol. The number of unbranched alkanes of at least 4 members (excludes halogenated alkanes) is 1. The van der Waals surface area contributed by atoms with E-state index in [2.05, 4.69) is 31.9 Å². The summed E-state index contributed by atoms with van der Waals surface area (Å²) in [5, 5.41) is 36.9. The fourth-order valence-corrected chi connectivity index (χ4v) is 8.86. The Morgan fingerprint density at radius 2 is 1.00 bits per heavy atom. The van der Waals surface area contributed by atoms with Gasteiger partial charge in [0, 0.05) is 19.6 Å². The minimum Gasteiger partial charge on any atom is -0.394 e. The number of rotatable bonds is 10. The maximum Gasteiger partial charge on any atom is 0.246 e. The van der Waals surface area contributed by atoms with Crippen molar-refractivity contribution in [2.75, 3.05) is 32.8 Å². The third kappa shape index (κ3) is 12.5. The topological polar surface area (TPSA) is 302 Å². The molecule has 4 aliphatic heterocycles. The van der Waals surface area contributed by atoms with Crippen molar-refractivity contribution >= 4 is 53.2 Å². The Balaban J connectivity index is 1.73. The van der Waals surface area contributed by atoms with Crippen LogP contribution in [-0.2, 0) is 43.2 Å². The summed E-state index contributed by atoms with van der Waals surface area (Å²) in [6.07, 6.45) is 2.49. The van der Waals surface area contributed by atoms with Gasteiger partial charge < -0.3 is 62.5 Å². The van der Waals surface area contributed by atoms with Crippen LogP contribution in [0, 0.1) is 11.8 Å². The SMILES string of the molecule is CC[C@H](C)[C@@H]1NC(=O)[C@H](CO)NC(=O)[C@H](CCCCN)NC(=O)[C@H]([C@@H](C)O)NC(=O)[C@H]2CCCN2C(=O)[C@@H]2CCCN2C(=O)[C@H]([C@@H](C)CC)NC(=O)[C@H](C)NC(=O)[C@@H]2CCCN2C1=O. The highest BCUT2D eigenvalue weighted by molar-refractivity contribution is 5.99. The van der Waals surface area contributed by atoms with Gasteiger partial charge in [-0.1, -0.05) is 40.5 Å². The number of nitrogens with two attached hydrogens (primary N) is 1. The predicted octanol–water partition coefficient (Wildman–Crippen LogP) is -2.50. The van der Waals surface area contributed by atoms with Crippen molar-refractivity contribution in [2.45, 2.75) is 173 Å². The molecule has 0 unspecified atom stereocenters. The van der Waals surface area contributed by atoms with Crippen LogP contribution in [0.25, 0.3) is 0 Å². The summed E-state index contributed by atoms with van der Waals surface area (Å²) in [4.78, 5) is 130. The van der Waals surface area contributed by atoms with Gasteiger partial charge in [0.1, 0.15) is 54.4 Å². The van der Waals surface area contributed by atoms with Crippen LogP contribution in [0.5, 0.6) is 0 Å². The number of aliphatic hydroxyl groups excluding tert-OH is 2. The molecule has 4 rings (SSSR count). The molecule has 4 saturated heterocycles. The van der Waals surface area contributed by atoms with Crippen LogP contribution in [0.2, 0.25) is 0 Å². The van der Waals surface area contributed by atoms with Gasteiger partial charge in [0.15, 0.2) is 0 Å². The van der Waals surface area contributed by atoms with Crippen LogP contribution in [0.3, 0.4) is 0 Å². The standard InChI is InChI=1S/C43H72N10O11/c1-7-23(3)32-43(64)53-21-13-17-31(53)41(62)51-19-11-16-30(51)39(60)50-34(26(6)55)40(61)46-27(14-9-10-18-44)36(57)47-28(22-54)37(58)49-33(24(4)8-2)42(63)52-20-12-15-29(52)38(59)45-25(5)35(56)48-32/h23-34,54-55H,7-22,44H2,1-6H3,(H,45,59)(H,46,61)(H,47,57)(H,48,56)(H,49,58)(H,50,60)/t23-,24-,25-,26+,27-,28-,29-,30+,31-,32-,33-,34-/m0/s1. The van der Waals surface area contributed by atoms with Crippen molar-refractivity contribution in [3.8, 4) is 0 Å². The van der Waals surface area contributed by atoms with Crippen molar-refractivity contribution in [1.82, 2.24) is 46.6 Å². The number of hydrogen-bond acceptors (Lipinski definition) is 12. The van der Waals surface area contributed by atoms with Crippen LogP contribution in [0.15, 0.2) is 0 Å². The normalized spacial score (nSPS) is 31.4. The molecule has 0 aromatic rings. The molecule has 0 aromatic heterocycles. The lowest BCUT2D eigenvalue weighted by Gasteiger charge is -2.35. The van der Waals surface area contributed by atoms with Crippen LogP contribution in [0.4, 0.5) is 0 Å². The second-order valence-corrected chi connectivity index (χ2v) is 17.9. The fraction of sp³-hybridized carbons (Fsp3) is 0.791. The maximum absolute atomic E-state index is 14.4. The Bertz CT molecular complexity index is 1720. The summed E-state index contributed by atoms with van der Waals surface area (Å²) < 4.78 is 0. The number of amides is 9. The quantitative estimate of drug-likeness (QED) is 0.103. The first kappa shape index (κ1) is 51.7. The number of nitrogens with one attached hydrogen (secondary N) is 6. The number of carbonyl (C=O) groups excluding carboxylic acids is 9. The average Bonchev–Trinajstić information content (AvgIpc) is 4.08. The van der Waals surface area contributed by atoms with Crippen molar-refractivity contribution in [3.63, 3.8) is 0 Å². The minimum absolute atomic E-state index is 0.0283. The lowest BCUT2D eigenvalue weighted by atomic mass is 9.96. The zero-order valence-corrected chi connectivity index (χ0v) is 38.2. The average molecular weight is 905 g/mol. The van der Waals surface area contributed by atoms with E-state index in [0.29, 0.717) is 51.4 Å². The molecule has 64 heavy (non-hydrogen) atoms. The number of aliphatic hydroxyl groups is 2. The van der Waals surface area contributed by atoms with Crippen molar-refractivity contribution in [2.24, 2.45) is 17.6 Å². The van der Waals surface area contributed by atoms with Gasteiger partial charge in [0.05, 0.1) is 12.7 Å². The largest absolute Gasteiger partial charge is 0.394 e. The van der Waals surface area contributed by atoms with Gasteiger partial charge in [-0.3, -0.25) is 43.2 Å². The molecule has 21 heteroatoms. The zero-order valence-electron chi connectivity index (χ0n) is 38.2. The molecule has 12 atom stereocenters. The highest BCUT2D eigenvalue weighted by Crippen LogP contribution is 2.27. The first-order chi connectivity index (χ1) is 30.4. The molecule has 0 radical (unpaired) electrons. The number of fused-ring (bicyclic) bond motifs is 3. The second-order valence-electron chi connectivity index (χ2n) is 17.9. The van der Waals surface area contributed by atoms with Gasteiger partial charge in [-0.05, 0) is 90.0 Å². The zero-order chi connectivity index (χ0) is 47.4. The summed E-state index contributed by atoms with van der Waals surface area (Å²) in [5.74, 6) is -7.08. The van der Waals surface area contributed by atoms with E-state index in [1.807, 2.05) is 13.8 Å². The Hall–Kier alpha value is -4.89. The lowest BCUT2D eigenvalue weighted by molar-refractivity contribution is -0.149. The Morgan fingerprint density at radius 3 is 1.50 bits per heavy atom.